The standard InChI is InChI=1S/C18H28N4O3S2/c1-3-25-18(24)21-9-7-20(8-10-21)15-5-4-6-22(11-15)16(23)13-27-17-19-14(2)12-26-17/h12,15H,3-11,13H2,1-2H3/t15-/m0/s1. The number of aromatic nitrogens is 1. The van der Waals surface area contributed by atoms with Crippen molar-refractivity contribution in [3.8, 4) is 0 Å². The van der Waals surface area contributed by atoms with Crippen LogP contribution < -0.4 is 0 Å². The number of ether oxygens (including phenoxy) is 1. The first-order valence-electron chi connectivity index (χ1n) is 9.55. The summed E-state index contributed by atoms with van der Waals surface area (Å²) >= 11 is 3.13. The van der Waals surface area contributed by atoms with Gasteiger partial charge in [0.1, 0.15) is 0 Å². The molecule has 1 atom stereocenters. The molecule has 150 valence electrons. The van der Waals surface area contributed by atoms with Crippen molar-refractivity contribution in [1.29, 1.82) is 0 Å². The molecule has 9 heteroatoms. The van der Waals surface area contributed by atoms with E-state index in [2.05, 4.69) is 9.88 Å². The van der Waals surface area contributed by atoms with Crippen LogP contribution >= 0.6 is 23.1 Å². The van der Waals surface area contributed by atoms with Crippen molar-refractivity contribution >= 4 is 35.1 Å². The Bertz CT molecular complexity index is 646. The van der Waals surface area contributed by atoms with Crippen molar-refractivity contribution in [3.63, 3.8) is 0 Å². The first-order valence-corrected chi connectivity index (χ1v) is 11.4. The summed E-state index contributed by atoms with van der Waals surface area (Å²) in [5.41, 5.74) is 1.01. The fourth-order valence-electron chi connectivity index (χ4n) is 3.58. The van der Waals surface area contributed by atoms with Crippen LogP contribution in [0, 0.1) is 6.92 Å². The van der Waals surface area contributed by atoms with E-state index in [0.29, 0.717) is 31.5 Å². The summed E-state index contributed by atoms with van der Waals surface area (Å²) in [4.78, 5) is 35.1. The van der Waals surface area contributed by atoms with Crippen LogP contribution in [0.1, 0.15) is 25.5 Å². The Morgan fingerprint density at radius 1 is 1.26 bits per heavy atom. The Morgan fingerprint density at radius 3 is 2.70 bits per heavy atom. The van der Waals surface area contributed by atoms with Gasteiger partial charge in [-0.25, -0.2) is 9.78 Å². The van der Waals surface area contributed by atoms with E-state index in [1.807, 2.05) is 24.1 Å². The molecule has 0 saturated carbocycles. The van der Waals surface area contributed by atoms with Crippen LogP contribution in [-0.4, -0.2) is 89.4 Å². The van der Waals surface area contributed by atoms with Crippen LogP contribution in [0.15, 0.2) is 9.72 Å². The first-order chi connectivity index (χ1) is 13.1. The molecular weight excluding hydrogens is 384 g/mol. The van der Waals surface area contributed by atoms with Crippen molar-refractivity contribution in [2.24, 2.45) is 0 Å². The molecule has 2 fully saturated rings. The topological polar surface area (TPSA) is 66.0 Å². The summed E-state index contributed by atoms with van der Waals surface area (Å²) in [7, 11) is 0. The van der Waals surface area contributed by atoms with E-state index in [0.717, 1.165) is 49.1 Å². The van der Waals surface area contributed by atoms with Gasteiger partial charge in [0, 0.05) is 56.4 Å². The number of hydrogen-bond donors (Lipinski definition) is 0. The van der Waals surface area contributed by atoms with Crippen molar-refractivity contribution in [2.75, 3.05) is 51.6 Å². The van der Waals surface area contributed by atoms with Gasteiger partial charge in [-0.05, 0) is 26.7 Å². The zero-order valence-electron chi connectivity index (χ0n) is 16.1. The fraction of sp³-hybridized carbons (Fsp3) is 0.722. The molecule has 2 aliphatic rings. The zero-order valence-corrected chi connectivity index (χ0v) is 17.7. The van der Waals surface area contributed by atoms with Crippen LogP contribution in [0.5, 0.6) is 0 Å². The molecule has 0 N–H and O–H groups in total. The third kappa shape index (κ3) is 5.58. The van der Waals surface area contributed by atoms with Crippen LogP contribution in [0.3, 0.4) is 0 Å². The zero-order chi connectivity index (χ0) is 19.2. The van der Waals surface area contributed by atoms with E-state index < -0.39 is 0 Å². The number of hydrogen-bond acceptors (Lipinski definition) is 7. The maximum Gasteiger partial charge on any atom is 0.409 e. The number of likely N-dealkylation sites (tertiary alicyclic amines) is 1. The quantitative estimate of drug-likeness (QED) is 0.692. The van der Waals surface area contributed by atoms with Crippen LogP contribution in [-0.2, 0) is 9.53 Å². The predicted octanol–water partition coefficient (Wildman–Crippen LogP) is 2.31. The smallest absolute Gasteiger partial charge is 0.409 e. The second kappa shape index (κ2) is 9.75. The Kier molecular flexibility index (Phi) is 7.37. The highest BCUT2D eigenvalue weighted by atomic mass is 32.2. The number of carbonyl (C=O) groups excluding carboxylic acids is 2. The van der Waals surface area contributed by atoms with Gasteiger partial charge in [0.15, 0.2) is 4.34 Å². The molecule has 1 aromatic heterocycles. The van der Waals surface area contributed by atoms with Gasteiger partial charge >= 0.3 is 6.09 Å². The minimum Gasteiger partial charge on any atom is -0.450 e. The molecule has 0 bridgehead atoms. The van der Waals surface area contributed by atoms with Gasteiger partial charge in [0.25, 0.3) is 0 Å². The largest absolute Gasteiger partial charge is 0.450 e. The molecule has 1 aromatic rings. The number of thiazole rings is 1. The number of aryl methyl sites for hydroxylation is 1. The van der Waals surface area contributed by atoms with Crippen molar-refractivity contribution in [1.82, 2.24) is 19.7 Å². The van der Waals surface area contributed by atoms with Gasteiger partial charge in [-0.15, -0.1) is 11.3 Å². The minimum absolute atomic E-state index is 0.197. The molecular formula is C18H28N4O3S2. The number of carbonyl (C=O) groups is 2. The lowest BCUT2D eigenvalue weighted by Gasteiger charge is -2.43. The van der Waals surface area contributed by atoms with Crippen LogP contribution in [0.4, 0.5) is 4.79 Å². The summed E-state index contributed by atoms with van der Waals surface area (Å²) in [5, 5.41) is 2.01. The van der Waals surface area contributed by atoms with Gasteiger partial charge in [-0.2, -0.15) is 0 Å². The van der Waals surface area contributed by atoms with E-state index in [1.165, 1.54) is 11.8 Å². The van der Waals surface area contributed by atoms with E-state index in [1.54, 1.807) is 16.2 Å². The van der Waals surface area contributed by atoms with Crippen LogP contribution in [0.2, 0.25) is 0 Å². The monoisotopic (exact) mass is 412 g/mol. The molecule has 0 aliphatic carbocycles. The number of rotatable bonds is 5. The SMILES string of the molecule is CCOC(=O)N1CCN([C@H]2CCCN(C(=O)CSc3nc(C)cs3)C2)CC1. The molecule has 2 amide bonds. The Morgan fingerprint density at radius 2 is 2.04 bits per heavy atom. The molecule has 2 aliphatic heterocycles. The molecule has 3 rings (SSSR count). The molecule has 3 heterocycles. The third-order valence-electron chi connectivity index (χ3n) is 5.02. The van der Waals surface area contributed by atoms with Crippen LogP contribution in [0.25, 0.3) is 0 Å². The highest BCUT2D eigenvalue weighted by Crippen LogP contribution is 2.24. The Hall–Kier alpha value is -1.32. The maximum absolute atomic E-state index is 12.6. The lowest BCUT2D eigenvalue weighted by Crippen LogP contribution is -2.56. The van der Waals surface area contributed by atoms with E-state index in [4.69, 9.17) is 4.74 Å². The molecule has 0 radical (unpaired) electrons. The summed E-state index contributed by atoms with van der Waals surface area (Å²) < 4.78 is 6.05. The number of amides is 2. The molecule has 0 unspecified atom stereocenters. The number of thioether (sulfide) groups is 1. The minimum atomic E-state index is -0.216. The maximum atomic E-state index is 12.6. The third-order valence-corrected chi connectivity index (χ3v) is 7.15. The number of piperazine rings is 1. The number of piperidine rings is 1. The van der Waals surface area contributed by atoms with Gasteiger partial charge < -0.3 is 14.5 Å². The second-order valence-corrected chi connectivity index (χ2v) is 8.98. The highest BCUT2D eigenvalue weighted by Gasteiger charge is 2.31. The van der Waals surface area contributed by atoms with Crippen molar-refractivity contribution in [3.05, 3.63) is 11.1 Å². The van der Waals surface area contributed by atoms with E-state index in [-0.39, 0.29) is 12.0 Å². The van der Waals surface area contributed by atoms with Gasteiger partial charge in [0.2, 0.25) is 5.91 Å². The summed E-state index contributed by atoms with van der Waals surface area (Å²) in [6.07, 6.45) is 1.93. The molecule has 2 saturated heterocycles. The van der Waals surface area contributed by atoms with Crippen molar-refractivity contribution < 1.29 is 14.3 Å². The summed E-state index contributed by atoms with van der Waals surface area (Å²) in [6, 6.07) is 0.388. The molecule has 0 aromatic carbocycles. The van der Waals surface area contributed by atoms with E-state index >= 15 is 0 Å². The second-order valence-electron chi connectivity index (χ2n) is 6.90. The lowest BCUT2D eigenvalue weighted by molar-refractivity contribution is -0.130. The average molecular weight is 413 g/mol. The summed E-state index contributed by atoms with van der Waals surface area (Å²) in [6.45, 7) is 8.93. The highest BCUT2D eigenvalue weighted by molar-refractivity contribution is 8.01. The van der Waals surface area contributed by atoms with Gasteiger partial charge in [-0.1, -0.05) is 11.8 Å². The average Bonchev–Trinajstić information content (AvgIpc) is 3.12. The fourth-order valence-corrected chi connectivity index (χ4v) is 5.33. The normalized spacial score (nSPS) is 21.3. The Labute approximate surface area is 169 Å². The first kappa shape index (κ1) is 20.4. The summed E-state index contributed by atoms with van der Waals surface area (Å²) in [5.74, 6) is 0.652. The predicted molar refractivity (Wildman–Crippen MR) is 107 cm³/mol. The van der Waals surface area contributed by atoms with Gasteiger partial charge in [0.05, 0.1) is 12.4 Å². The molecule has 27 heavy (non-hydrogen) atoms. The van der Waals surface area contributed by atoms with E-state index in [9.17, 15) is 9.59 Å². The number of nitrogens with zero attached hydrogens (tertiary/aromatic N) is 4. The van der Waals surface area contributed by atoms with Gasteiger partial charge in [-0.3, -0.25) is 9.69 Å². The molecule has 7 nitrogen and oxygen atoms in total. The lowest BCUT2D eigenvalue weighted by atomic mass is 10.0. The Balaban J connectivity index is 1.45. The van der Waals surface area contributed by atoms with Crippen molar-refractivity contribution in [2.45, 2.75) is 37.1 Å². The molecule has 0 spiro atoms.